The molecular weight excluding hydrogens is 350 g/mol. The smallest absolute Gasteiger partial charge is 0.411 e. The zero-order valence-corrected chi connectivity index (χ0v) is 13.4. The molecule has 1 amide bonds. The number of carbonyl (C=O) groups is 2. The van der Waals surface area contributed by atoms with Crippen LogP contribution in [0.3, 0.4) is 0 Å². The first-order valence-corrected chi connectivity index (χ1v) is 7.28. The minimum Gasteiger partial charge on any atom is -0.478 e. The normalized spacial score (nSPS) is 10.1. The third-order valence-corrected chi connectivity index (χ3v) is 3.65. The standard InChI is InChI=1S/C16H14BrNO4/c1-10-7-13(17)12(15(19)20)8-14(10)18-16(21)22-9-11-5-3-2-4-6-11/h2-8H,9H2,1H3,(H,18,21)(H,19,20). The van der Waals surface area contributed by atoms with Gasteiger partial charge in [0.05, 0.1) is 5.56 Å². The number of carbonyl (C=O) groups excluding carboxylic acids is 1. The second-order valence-electron chi connectivity index (χ2n) is 4.64. The van der Waals surface area contributed by atoms with Crippen LogP contribution >= 0.6 is 15.9 Å². The molecule has 6 heteroatoms. The summed E-state index contributed by atoms with van der Waals surface area (Å²) in [4.78, 5) is 22.9. The number of amides is 1. The maximum Gasteiger partial charge on any atom is 0.411 e. The summed E-state index contributed by atoms with van der Waals surface area (Å²) in [5.41, 5.74) is 2.08. The van der Waals surface area contributed by atoms with Gasteiger partial charge in [0.2, 0.25) is 0 Å². The van der Waals surface area contributed by atoms with Crippen molar-refractivity contribution >= 4 is 33.7 Å². The quantitative estimate of drug-likeness (QED) is 0.853. The fourth-order valence-corrected chi connectivity index (χ4v) is 2.47. The fourth-order valence-electron chi connectivity index (χ4n) is 1.84. The van der Waals surface area contributed by atoms with Crippen LogP contribution in [0.5, 0.6) is 0 Å². The Morgan fingerprint density at radius 1 is 1.23 bits per heavy atom. The monoisotopic (exact) mass is 363 g/mol. The number of carboxylic acids is 1. The average Bonchev–Trinajstić information content (AvgIpc) is 2.48. The van der Waals surface area contributed by atoms with Gasteiger partial charge in [-0.05, 0) is 46.1 Å². The van der Waals surface area contributed by atoms with Crippen molar-refractivity contribution < 1.29 is 19.4 Å². The first-order valence-electron chi connectivity index (χ1n) is 6.48. The van der Waals surface area contributed by atoms with E-state index in [1.807, 2.05) is 30.3 Å². The number of anilines is 1. The van der Waals surface area contributed by atoms with Crippen LogP contribution in [0.15, 0.2) is 46.9 Å². The number of carboxylic acid groups (broad SMARTS) is 1. The first-order chi connectivity index (χ1) is 10.5. The fraction of sp³-hybridized carbons (Fsp3) is 0.125. The van der Waals surface area contributed by atoms with Crippen molar-refractivity contribution in [2.75, 3.05) is 5.32 Å². The molecule has 0 saturated carbocycles. The van der Waals surface area contributed by atoms with E-state index in [-0.39, 0.29) is 12.2 Å². The molecule has 2 N–H and O–H groups in total. The molecule has 0 fully saturated rings. The number of nitrogens with one attached hydrogen (secondary N) is 1. The number of hydrogen-bond donors (Lipinski definition) is 2. The summed E-state index contributed by atoms with van der Waals surface area (Å²) in [5, 5.41) is 11.7. The van der Waals surface area contributed by atoms with Gasteiger partial charge in [-0.3, -0.25) is 5.32 Å². The summed E-state index contributed by atoms with van der Waals surface area (Å²) >= 11 is 3.18. The Kier molecular flexibility index (Phi) is 5.16. The SMILES string of the molecule is Cc1cc(Br)c(C(=O)O)cc1NC(=O)OCc1ccccc1. The van der Waals surface area contributed by atoms with Crippen molar-refractivity contribution in [3.05, 3.63) is 63.6 Å². The van der Waals surface area contributed by atoms with Gasteiger partial charge in [-0.1, -0.05) is 30.3 Å². The van der Waals surface area contributed by atoms with Gasteiger partial charge in [-0.2, -0.15) is 0 Å². The molecule has 0 atom stereocenters. The molecule has 0 aliphatic rings. The lowest BCUT2D eigenvalue weighted by Crippen LogP contribution is -2.15. The highest BCUT2D eigenvalue weighted by molar-refractivity contribution is 9.10. The molecule has 0 spiro atoms. The van der Waals surface area contributed by atoms with Crippen molar-refractivity contribution in [1.82, 2.24) is 0 Å². The van der Waals surface area contributed by atoms with Crippen LogP contribution in [0.25, 0.3) is 0 Å². The molecule has 0 radical (unpaired) electrons. The Balaban J connectivity index is 2.05. The highest BCUT2D eigenvalue weighted by Gasteiger charge is 2.13. The lowest BCUT2D eigenvalue weighted by Gasteiger charge is -2.11. The van der Waals surface area contributed by atoms with E-state index in [0.717, 1.165) is 11.1 Å². The topological polar surface area (TPSA) is 75.6 Å². The minimum absolute atomic E-state index is 0.0731. The molecular formula is C16H14BrNO4. The van der Waals surface area contributed by atoms with Crippen molar-refractivity contribution in [1.29, 1.82) is 0 Å². The number of rotatable bonds is 4. The van der Waals surface area contributed by atoms with Crippen LogP contribution in [0.4, 0.5) is 10.5 Å². The maximum absolute atomic E-state index is 11.8. The number of ether oxygens (including phenoxy) is 1. The lowest BCUT2D eigenvalue weighted by atomic mass is 10.1. The van der Waals surface area contributed by atoms with E-state index in [2.05, 4.69) is 21.2 Å². The lowest BCUT2D eigenvalue weighted by molar-refractivity contribution is 0.0695. The second-order valence-corrected chi connectivity index (χ2v) is 5.49. The molecule has 22 heavy (non-hydrogen) atoms. The molecule has 0 bridgehead atoms. The number of hydrogen-bond acceptors (Lipinski definition) is 3. The van der Waals surface area contributed by atoms with Crippen LogP contribution in [0, 0.1) is 6.92 Å². The Labute approximate surface area is 136 Å². The molecule has 0 heterocycles. The van der Waals surface area contributed by atoms with E-state index in [1.165, 1.54) is 6.07 Å². The van der Waals surface area contributed by atoms with Crippen LogP contribution in [-0.4, -0.2) is 17.2 Å². The molecule has 0 saturated heterocycles. The van der Waals surface area contributed by atoms with Gasteiger partial charge in [0.25, 0.3) is 0 Å². The van der Waals surface area contributed by atoms with Gasteiger partial charge >= 0.3 is 12.1 Å². The van der Waals surface area contributed by atoms with Gasteiger partial charge in [0.15, 0.2) is 0 Å². The van der Waals surface area contributed by atoms with Crippen molar-refractivity contribution in [3.63, 3.8) is 0 Å². The average molecular weight is 364 g/mol. The third-order valence-electron chi connectivity index (χ3n) is 2.99. The highest BCUT2D eigenvalue weighted by atomic mass is 79.9. The summed E-state index contributed by atoms with van der Waals surface area (Å²) in [6, 6.07) is 12.3. The van der Waals surface area contributed by atoms with Crippen LogP contribution < -0.4 is 5.32 Å². The Bertz CT molecular complexity index is 701. The van der Waals surface area contributed by atoms with Crippen molar-refractivity contribution in [2.45, 2.75) is 13.5 Å². The molecule has 2 rings (SSSR count). The minimum atomic E-state index is -1.08. The van der Waals surface area contributed by atoms with Gasteiger partial charge < -0.3 is 9.84 Å². The van der Waals surface area contributed by atoms with Crippen molar-refractivity contribution in [3.8, 4) is 0 Å². The summed E-state index contributed by atoms with van der Waals surface area (Å²) in [6.45, 7) is 1.91. The van der Waals surface area contributed by atoms with E-state index in [4.69, 9.17) is 9.84 Å². The van der Waals surface area contributed by atoms with Gasteiger partial charge in [0.1, 0.15) is 6.61 Å². The van der Waals surface area contributed by atoms with E-state index in [0.29, 0.717) is 10.2 Å². The molecule has 5 nitrogen and oxygen atoms in total. The number of benzene rings is 2. The number of aryl methyl sites for hydroxylation is 1. The Morgan fingerprint density at radius 3 is 2.55 bits per heavy atom. The zero-order chi connectivity index (χ0) is 16.1. The molecule has 114 valence electrons. The van der Waals surface area contributed by atoms with Gasteiger partial charge in [-0.25, -0.2) is 9.59 Å². The van der Waals surface area contributed by atoms with E-state index in [1.54, 1.807) is 13.0 Å². The highest BCUT2D eigenvalue weighted by Crippen LogP contribution is 2.25. The van der Waals surface area contributed by atoms with Crippen molar-refractivity contribution in [2.24, 2.45) is 0 Å². The molecule has 0 aliphatic heterocycles. The summed E-state index contributed by atoms with van der Waals surface area (Å²) in [6.07, 6.45) is -0.634. The predicted molar refractivity (Wildman–Crippen MR) is 86.1 cm³/mol. The largest absolute Gasteiger partial charge is 0.478 e. The Morgan fingerprint density at radius 2 is 1.91 bits per heavy atom. The first kappa shape index (κ1) is 16.0. The predicted octanol–water partition coefficient (Wildman–Crippen LogP) is 4.20. The van der Waals surface area contributed by atoms with Gasteiger partial charge in [0, 0.05) is 10.2 Å². The maximum atomic E-state index is 11.8. The summed E-state index contributed by atoms with van der Waals surface area (Å²) in [7, 11) is 0. The van der Waals surface area contributed by atoms with Crippen LogP contribution in [-0.2, 0) is 11.3 Å². The zero-order valence-electron chi connectivity index (χ0n) is 11.8. The molecule has 2 aromatic rings. The molecule has 0 unspecified atom stereocenters. The van der Waals surface area contributed by atoms with Gasteiger partial charge in [-0.15, -0.1) is 0 Å². The molecule has 2 aromatic carbocycles. The second kappa shape index (κ2) is 7.09. The molecule has 0 aromatic heterocycles. The van der Waals surface area contributed by atoms with Crippen LogP contribution in [0.2, 0.25) is 0 Å². The Hall–Kier alpha value is -2.34. The van der Waals surface area contributed by atoms with Crippen LogP contribution in [0.1, 0.15) is 21.5 Å². The van der Waals surface area contributed by atoms with E-state index in [9.17, 15) is 9.59 Å². The van der Waals surface area contributed by atoms with E-state index >= 15 is 0 Å². The number of halogens is 1. The third kappa shape index (κ3) is 4.08. The summed E-state index contributed by atoms with van der Waals surface area (Å²) in [5.74, 6) is -1.08. The number of aromatic carboxylic acids is 1. The summed E-state index contributed by atoms with van der Waals surface area (Å²) < 4.78 is 5.57. The van der Waals surface area contributed by atoms with E-state index < -0.39 is 12.1 Å². The molecule has 0 aliphatic carbocycles.